The van der Waals surface area contributed by atoms with Crippen LogP contribution in [0, 0.1) is 0 Å². The second-order valence-corrected chi connectivity index (χ2v) is 7.23. The van der Waals surface area contributed by atoms with Crippen molar-refractivity contribution >= 4 is 24.0 Å². The highest BCUT2D eigenvalue weighted by Crippen LogP contribution is 2.18. The average Bonchev–Trinajstić information content (AvgIpc) is 2.74. The Morgan fingerprint density at radius 1 is 1.39 bits per heavy atom. The molecule has 1 aromatic heterocycles. The first-order chi connectivity index (χ1) is 14.9. The third-order valence-electron chi connectivity index (χ3n) is 4.80. The molecule has 2 saturated heterocycles. The van der Waals surface area contributed by atoms with Crippen LogP contribution in [0.3, 0.4) is 0 Å². The third kappa shape index (κ3) is 6.51. The summed E-state index contributed by atoms with van der Waals surface area (Å²) in [4.78, 5) is 40.6. The van der Waals surface area contributed by atoms with E-state index in [2.05, 4.69) is 38.9 Å². The number of carbonyl (C=O) groups excluding carboxylic acids is 2. The maximum atomic E-state index is 12.3. The van der Waals surface area contributed by atoms with Crippen LogP contribution in [0.1, 0.15) is 5.82 Å². The van der Waals surface area contributed by atoms with Gasteiger partial charge in [-0.15, -0.1) is 0 Å². The van der Waals surface area contributed by atoms with E-state index < -0.39 is 0 Å². The molecule has 1 aromatic rings. The Labute approximate surface area is 181 Å². The van der Waals surface area contributed by atoms with Crippen LogP contribution in [0.5, 0.6) is 0 Å². The molecule has 11 nitrogen and oxygen atoms in total. The molecule has 2 N–H and O–H groups in total. The number of hydrogen-bond acceptors (Lipinski definition) is 8. The van der Waals surface area contributed by atoms with Gasteiger partial charge in [0.15, 0.2) is 0 Å². The number of nitrogens with zero attached hydrogens (tertiary/aromatic N) is 6. The SMILES string of the molecule is C=CC(=O)NC1CN(c2ccnc(CC(=O)NN(C)/C=N\C(=C)N3CCOCC3)n2)C1. The van der Waals surface area contributed by atoms with Crippen molar-refractivity contribution in [2.45, 2.75) is 12.5 Å². The predicted octanol–water partition coefficient (Wildman–Crippen LogP) is -0.695. The lowest BCUT2D eigenvalue weighted by atomic mass is 10.1. The standard InChI is InChI=1S/C20H28N8O3/c1-4-19(29)23-16-12-28(13-16)18-5-6-21-17(24-18)11-20(30)25-26(3)14-22-15(2)27-7-9-31-10-8-27/h4-6,14,16H,1-2,7-13H2,3H3,(H,23,29)(H,25,30)/b22-14-. The van der Waals surface area contributed by atoms with Gasteiger partial charge in [-0.05, 0) is 12.1 Å². The predicted molar refractivity (Wildman–Crippen MR) is 116 cm³/mol. The minimum Gasteiger partial charge on any atom is -0.378 e. The molecule has 0 radical (unpaired) electrons. The third-order valence-corrected chi connectivity index (χ3v) is 4.80. The number of morpholine rings is 1. The molecular weight excluding hydrogens is 400 g/mol. The fraction of sp³-hybridized carbons (Fsp3) is 0.450. The molecule has 3 rings (SSSR count). The van der Waals surface area contributed by atoms with Crippen molar-refractivity contribution in [3.05, 3.63) is 43.1 Å². The Balaban J connectivity index is 1.44. The molecule has 0 spiro atoms. The molecule has 0 bridgehead atoms. The zero-order valence-corrected chi connectivity index (χ0v) is 17.7. The highest BCUT2D eigenvalue weighted by atomic mass is 16.5. The number of aliphatic imine (C=N–C) groups is 1. The summed E-state index contributed by atoms with van der Waals surface area (Å²) < 4.78 is 5.31. The van der Waals surface area contributed by atoms with Gasteiger partial charge in [-0.25, -0.2) is 15.0 Å². The highest BCUT2D eigenvalue weighted by Gasteiger charge is 2.28. The molecule has 0 saturated carbocycles. The number of hydrazine groups is 1. The zero-order chi connectivity index (χ0) is 22.2. The van der Waals surface area contributed by atoms with Gasteiger partial charge in [0.1, 0.15) is 23.8 Å². The number of anilines is 1. The van der Waals surface area contributed by atoms with Gasteiger partial charge < -0.3 is 19.9 Å². The minimum absolute atomic E-state index is 0.0287. The van der Waals surface area contributed by atoms with Gasteiger partial charge in [-0.2, -0.15) is 0 Å². The first-order valence-corrected chi connectivity index (χ1v) is 10.0. The van der Waals surface area contributed by atoms with E-state index in [0.29, 0.717) is 37.9 Å². The second-order valence-electron chi connectivity index (χ2n) is 7.23. The molecule has 0 aliphatic carbocycles. The van der Waals surface area contributed by atoms with Crippen LogP contribution in [-0.2, 0) is 20.7 Å². The monoisotopic (exact) mass is 428 g/mol. The Morgan fingerprint density at radius 3 is 2.84 bits per heavy atom. The quantitative estimate of drug-likeness (QED) is 0.230. The van der Waals surface area contributed by atoms with E-state index in [9.17, 15) is 9.59 Å². The Hall–Kier alpha value is -3.47. The van der Waals surface area contributed by atoms with Gasteiger partial charge in [0.25, 0.3) is 0 Å². The topological polar surface area (TPSA) is 115 Å². The van der Waals surface area contributed by atoms with Crippen LogP contribution in [0.25, 0.3) is 0 Å². The Morgan fingerprint density at radius 2 is 2.13 bits per heavy atom. The molecule has 3 heterocycles. The summed E-state index contributed by atoms with van der Waals surface area (Å²) in [6.07, 6.45) is 4.41. The van der Waals surface area contributed by atoms with E-state index in [-0.39, 0.29) is 24.3 Å². The van der Waals surface area contributed by atoms with E-state index in [1.54, 1.807) is 19.3 Å². The number of hydrogen-bond donors (Lipinski definition) is 2. The molecule has 2 amide bonds. The van der Waals surface area contributed by atoms with Crippen molar-refractivity contribution in [1.29, 1.82) is 0 Å². The van der Waals surface area contributed by atoms with Crippen molar-refractivity contribution in [3.63, 3.8) is 0 Å². The lowest BCUT2D eigenvalue weighted by Crippen LogP contribution is -2.59. The van der Waals surface area contributed by atoms with Gasteiger partial charge in [0.05, 0.1) is 25.7 Å². The van der Waals surface area contributed by atoms with Crippen LogP contribution in [-0.4, -0.2) is 90.5 Å². The largest absolute Gasteiger partial charge is 0.378 e. The summed E-state index contributed by atoms with van der Waals surface area (Å²) in [7, 11) is 1.68. The van der Waals surface area contributed by atoms with Crippen LogP contribution in [0.2, 0.25) is 0 Å². The summed E-state index contributed by atoms with van der Waals surface area (Å²) in [5.41, 5.74) is 2.71. The van der Waals surface area contributed by atoms with Gasteiger partial charge in [-0.1, -0.05) is 13.2 Å². The Kier molecular flexibility index (Phi) is 7.55. The molecule has 0 aromatic carbocycles. The molecule has 31 heavy (non-hydrogen) atoms. The first-order valence-electron chi connectivity index (χ1n) is 10.0. The summed E-state index contributed by atoms with van der Waals surface area (Å²) in [6, 6.07) is 1.84. The van der Waals surface area contributed by atoms with Gasteiger partial charge in [0.2, 0.25) is 11.8 Å². The Bertz CT molecular complexity index is 847. The number of carbonyl (C=O) groups is 2. The summed E-state index contributed by atoms with van der Waals surface area (Å²) in [5.74, 6) is 1.31. The van der Waals surface area contributed by atoms with E-state index in [4.69, 9.17) is 4.74 Å². The smallest absolute Gasteiger partial charge is 0.246 e. The molecule has 0 atom stereocenters. The highest BCUT2D eigenvalue weighted by molar-refractivity contribution is 5.87. The second kappa shape index (κ2) is 10.5. The number of amides is 2. The molecule has 11 heteroatoms. The van der Waals surface area contributed by atoms with Crippen molar-refractivity contribution < 1.29 is 14.3 Å². The fourth-order valence-corrected chi connectivity index (χ4v) is 3.13. The van der Waals surface area contributed by atoms with Crippen LogP contribution < -0.4 is 15.6 Å². The summed E-state index contributed by atoms with van der Waals surface area (Å²) in [6.45, 7) is 11.5. The molecule has 2 fully saturated rings. The van der Waals surface area contributed by atoms with Gasteiger partial charge in [0, 0.05) is 39.4 Å². The van der Waals surface area contributed by atoms with Crippen LogP contribution in [0.15, 0.2) is 42.3 Å². The molecule has 0 unspecified atom stereocenters. The maximum absolute atomic E-state index is 12.3. The zero-order valence-electron chi connectivity index (χ0n) is 17.7. The van der Waals surface area contributed by atoms with Gasteiger partial charge >= 0.3 is 0 Å². The average molecular weight is 428 g/mol. The van der Waals surface area contributed by atoms with Crippen LogP contribution >= 0.6 is 0 Å². The molecular formula is C20H28N8O3. The lowest BCUT2D eigenvalue weighted by molar-refractivity contribution is -0.123. The summed E-state index contributed by atoms with van der Waals surface area (Å²) >= 11 is 0. The van der Waals surface area contributed by atoms with Crippen molar-refractivity contribution in [2.75, 3.05) is 51.3 Å². The van der Waals surface area contributed by atoms with E-state index in [1.807, 2.05) is 9.80 Å². The van der Waals surface area contributed by atoms with Gasteiger partial charge in [-0.3, -0.25) is 20.0 Å². The lowest BCUT2D eigenvalue weighted by Gasteiger charge is -2.40. The van der Waals surface area contributed by atoms with Crippen molar-refractivity contribution in [2.24, 2.45) is 4.99 Å². The number of aromatic nitrogens is 2. The van der Waals surface area contributed by atoms with E-state index in [0.717, 1.165) is 18.9 Å². The van der Waals surface area contributed by atoms with Crippen molar-refractivity contribution in [3.8, 4) is 0 Å². The van der Waals surface area contributed by atoms with Crippen LogP contribution in [0.4, 0.5) is 5.82 Å². The number of ether oxygens (including phenoxy) is 1. The van der Waals surface area contributed by atoms with E-state index in [1.165, 1.54) is 17.4 Å². The minimum atomic E-state index is -0.261. The molecule has 2 aliphatic rings. The summed E-state index contributed by atoms with van der Waals surface area (Å²) in [5, 5.41) is 4.31. The number of rotatable bonds is 9. The normalized spacial score (nSPS) is 16.5. The molecule has 166 valence electrons. The maximum Gasteiger partial charge on any atom is 0.246 e. The number of nitrogens with one attached hydrogen (secondary N) is 2. The first kappa shape index (κ1) is 22.2. The van der Waals surface area contributed by atoms with Crippen molar-refractivity contribution in [1.82, 2.24) is 30.6 Å². The fourth-order valence-electron chi connectivity index (χ4n) is 3.13. The molecule has 2 aliphatic heterocycles. The van der Waals surface area contributed by atoms with E-state index >= 15 is 0 Å².